The van der Waals surface area contributed by atoms with Gasteiger partial charge in [-0.2, -0.15) is 0 Å². The molecule has 0 bridgehead atoms. The molecule has 1 heterocycles. The summed E-state index contributed by atoms with van der Waals surface area (Å²) in [4.78, 5) is 54.0. The van der Waals surface area contributed by atoms with Crippen molar-refractivity contribution < 1.29 is 64.0 Å². The van der Waals surface area contributed by atoms with Crippen LogP contribution in [0.2, 0.25) is 0 Å². The Kier molecular flexibility index (Phi) is 10.1. The molecular weight excluding hydrogens is 664 g/mol. The zero-order valence-corrected chi connectivity index (χ0v) is 31.1. The number of allylic oxidation sites excluding steroid dienone is 2. The molecule has 0 aromatic heterocycles. The van der Waals surface area contributed by atoms with Gasteiger partial charge in [0.05, 0.1) is 12.7 Å². The summed E-state index contributed by atoms with van der Waals surface area (Å²) in [5.74, 6) is -3.56. The van der Waals surface area contributed by atoms with Gasteiger partial charge in [0, 0.05) is 30.1 Å². The van der Waals surface area contributed by atoms with Crippen LogP contribution in [0.15, 0.2) is 23.8 Å². The molecule has 5 rings (SSSR count). The molecule has 4 aliphatic carbocycles. The molecule has 0 aromatic carbocycles. The normalized spacial score (nSPS) is 45.0. The van der Waals surface area contributed by atoms with Gasteiger partial charge in [0.15, 0.2) is 17.9 Å². The van der Waals surface area contributed by atoms with E-state index < -0.39 is 106 Å². The van der Waals surface area contributed by atoms with Gasteiger partial charge >= 0.3 is 5.97 Å². The highest BCUT2D eigenvalue weighted by Gasteiger charge is 2.74. The van der Waals surface area contributed by atoms with E-state index in [1.54, 1.807) is 27.7 Å². The van der Waals surface area contributed by atoms with Gasteiger partial charge in [0.25, 0.3) is 0 Å². The van der Waals surface area contributed by atoms with Crippen LogP contribution in [0.1, 0.15) is 88.0 Å². The van der Waals surface area contributed by atoms with Gasteiger partial charge in [0.1, 0.15) is 47.5 Å². The molecule has 0 spiro atoms. The van der Waals surface area contributed by atoms with Crippen molar-refractivity contribution in [1.82, 2.24) is 0 Å². The highest BCUT2D eigenvalue weighted by Crippen LogP contribution is 2.74. The molecule has 13 heteroatoms. The third-order valence-corrected chi connectivity index (χ3v) is 13.7. The number of ether oxygens (including phenoxy) is 3. The van der Waals surface area contributed by atoms with Crippen LogP contribution in [0, 0.1) is 39.4 Å². The lowest BCUT2D eigenvalue weighted by Gasteiger charge is -2.64. The number of fused-ring (bicyclic) bond motifs is 5. The number of hydrogen-bond acceptors (Lipinski definition) is 13. The SMILES string of the molecule is CC(=O)OC(C)(C)/C=C/C(=O)[C@](C)(O)[C@@H]1[C@H](O)C[C@@]2(C)[C@@H]3CC=C4[C@@H](C[C@H](O[C@@H]5O[C@H](CO)[C@@H](O)[C@H](O)[C@H]5O)C(=O)C4(C)C)[C@]3(C)C(=O)C[C@]12C. The summed E-state index contributed by atoms with van der Waals surface area (Å²) >= 11 is 0. The molecule has 4 fully saturated rings. The highest BCUT2D eigenvalue weighted by atomic mass is 16.7. The average Bonchev–Trinajstić information content (AvgIpc) is 3.22. The number of hydrogen-bond donors (Lipinski definition) is 6. The van der Waals surface area contributed by atoms with Crippen LogP contribution >= 0.6 is 0 Å². The second kappa shape index (κ2) is 12.9. The van der Waals surface area contributed by atoms with E-state index >= 15 is 0 Å². The van der Waals surface area contributed by atoms with Crippen molar-refractivity contribution >= 4 is 23.3 Å². The average molecular weight is 721 g/mol. The number of aliphatic hydroxyl groups excluding tert-OH is 5. The Bertz CT molecular complexity index is 1510. The number of esters is 1. The third kappa shape index (κ3) is 6.00. The zero-order chi connectivity index (χ0) is 38.4. The van der Waals surface area contributed by atoms with Crippen molar-refractivity contribution in [1.29, 1.82) is 0 Å². The van der Waals surface area contributed by atoms with E-state index in [2.05, 4.69) is 0 Å². The smallest absolute Gasteiger partial charge is 0.303 e. The van der Waals surface area contributed by atoms with Gasteiger partial charge in [-0.3, -0.25) is 19.2 Å². The van der Waals surface area contributed by atoms with Crippen LogP contribution in [0.4, 0.5) is 0 Å². The number of rotatable bonds is 8. The van der Waals surface area contributed by atoms with Crippen molar-refractivity contribution in [2.45, 2.75) is 142 Å². The Balaban J connectivity index is 1.48. The quantitative estimate of drug-likeness (QED) is 0.119. The molecule has 1 aliphatic heterocycles. The topological polar surface area (TPSA) is 217 Å². The Morgan fingerprint density at radius 2 is 1.63 bits per heavy atom. The second-order valence-corrected chi connectivity index (χ2v) is 17.6. The predicted octanol–water partition coefficient (Wildman–Crippen LogP) is 1.32. The van der Waals surface area contributed by atoms with Crippen molar-refractivity contribution in [2.75, 3.05) is 6.61 Å². The van der Waals surface area contributed by atoms with Gasteiger partial charge in [-0.25, -0.2) is 0 Å². The third-order valence-electron chi connectivity index (χ3n) is 13.7. The molecule has 1 saturated heterocycles. The van der Waals surface area contributed by atoms with Gasteiger partial charge in [-0.15, -0.1) is 0 Å². The maximum absolute atomic E-state index is 14.8. The number of Topliss-reactive ketones (excluding diaryl/α,β-unsaturated/α-hetero) is 2. The Morgan fingerprint density at radius 1 is 1.00 bits per heavy atom. The first-order valence-electron chi connectivity index (χ1n) is 17.9. The molecule has 14 atom stereocenters. The van der Waals surface area contributed by atoms with Gasteiger partial charge in [0.2, 0.25) is 0 Å². The van der Waals surface area contributed by atoms with E-state index in [0.717, 1.165) is 11.6 Å². The van der Waals surface area contributed by atoms with Crippen molar-refractivity contribution in [3.8, 4) is 0 Å². The Labute approximate surface area is 299 Å². The molecule has 286 valence electrons. The summed E-state index contributed by atoms with van der Waals surface area (Å²) in [6, 6.07) is 0. The fourth-order valence-electron chi connectivity index (χ4n) is 10.8. The van der Waals surface area contributed by atoms with E-state index in [-0.39, 0.29) is 36.7 Å². The standard InChI is InChI=1S/C38H56O13/c1-18(40)51-33(2,3)13-12-25(42)38(9,48)30-21(41)15-35(6)24-11-10-19-20(37(24,8)26(43)16-36(30,35)7)14-22(31(47)34(19,4)5)49-32-29(46)28(45)27(44)23(17-39)50-32/h10,12-13,20-24,27-30,32,39,41,44-46,48H,11,14-17H2,1-9H3/b13-12+/t20-,21-,22+,23-,24+,27-,28+,29-,30-,32-,35+,36-,37+,38+/m1/s1. The summed E-state index contributed by atoms with van der Waals surface area (Å²) in [7, 11) is 0. The van der Waals surface area contributed by atoms with Crippen molar-refractivity contribution in [3.63, 3.8) is 0 Å². The molecule has 6 N–H and O–H groups in total. The molecule has 5 aliphatic rings. The summed E-state index contributed by atoms with van der Waals surface area (Å²) < 4.78 is 16.9. The molecule has 13 nitrogen and oxygen atoms in total. The van der Waals surface area contributed by atoms with Gasteiger partial charge in [-0.1, -0.05) is 32.4 Å². The Hall–Kier alpha value is -2.36. The molecule has 3 saturated carbocycles. The Morgan fingerprint density at radius 3 is 2.22 bits per heavy atom. The maximum atomic E-state index is 14.8. The molecule has 0 amide bonds. The summed E-state index contributed by atoms with van der Waals surface area (Å²) in [5.41, 5.74) is -6.34. The van der Waals surface area contributed by atoms with Crippen LogP contribution in [-0.2, 0) is 33.4 Å². The number of carbonyl (C=O) groups is 4. The van der Waals surface area contributed by atoms with E-state index in [9.17, 15) is 49.8 Å². The first-order chi connectivity index (χ1) is 23.3. The summed E-state index contributed by atoms with van der Waals surface area (Å²) in [6.07, 6.45) is -4.90. The van der Waals surface area contributed by atoms with E-state index in [1.807, 2.05) is 26.8 Å². The minimum atomic E-state index is -2.08. The van der Waals surface area contributed by atoms with Crippen LogP contribution in [-0.4, -0.2) is 115 Å². The zero-order valence-electron chi connectivity index (χ0n) is 31.1. The lowest BCUT2D eigenvalue weighted by molar-refractivity contribution is -0.311. The lowest BCUT2D eigenvalue weighted by Crippen LogP contribution is -2.66. The van der Waals surface area contributed by atoms with Crippen LogP contribution in [0.5, 0.6) is 0 Å². The first-order valence-corrected chi connectivity index (χ1v) is 17.9. The summed E-state index contributed by atoms with van der Waals surface area (Å²) in [6.45, 7) is 14.4. The van der Waals surface area contributed by atoms with Gasteiger partial charge in [-0.05, 0) is 88.7 Å². The second-order valence-electron chi connectivity index (χ2n) is 17.6. The monoisotopic (exact) mass is 720 g/mol. The fraction of sp³-hybridized carbons (Fsp3) is 0.789. The minimum absolute atomic E-state index is 0.0549. The largest absolute Gasteiger partial charge is 0.456 e. The minimum Gasteiger partial charge on any atom is -0.456 e. The molecule has 51 heavy (non-hydrogen) atoms. The maximum Gasteiger partial charge on any atom is 0.303 e. The van der Waals surface area contributed by atoms with Crippen molar-refractivity contribution in [2.24, 2.45) is 39.4 Å². The van der Waals surface area contributed by atoms with E-state index in [1.165, 1.54) is 19.9 Å². The van der Waals surface area contributed by atoms with Crippen LogP contribution in [0.3, 0.4) is 0 Å². The predicted molar refractivity (Wildman–Crippen MR) is 180 cm³/mol. The van der Waals surface area contributed by atoms with Gasteiger partial charge < -0.3 is 44.8 Å². The lowest BCUT2D eigenvalue weighted by atomic mass is 9.38. The number of carbonyl (C=O) groups excluding carboxylic acids is 4. The number of ketones is 3. The first kappa shape index (κ1) is 39.8. The van der Waals surface area contributed by atoms with E-state index in [4.69, 9.17) is 14.2 Å². The van der Waals surface area contributed by atoms with Crippen LogP contribution in [0.25, 0.3) is 0 Å². The van der Waals surface area contributed by atoms with Crippen molar-refractivity contribution in [3.05, 3.63) is 23.8 Å². The summed E-state index contributed by atoms with van der Waals surface area (Å²) in [5, 5.41) is 64.7. The molecule has 0 aromatic rings. The number of aliphatic hydroxyl groups is 6. The van der Waals surface area contributed by atoms with Crippen LogP contribution < -0.4 is 0 Å². The molecule has 0 unspecified atom stereocenters. The fourth-order valence-corrected chi connectivity index (χ4v) is 10.8. The molecular formula is C38H56O13. The highest BCUT2D eigenvalue weighted by molar-refractivity contribution is 5.98. The molecule has 0 radical (unpaired) electrons. The van der Waals surface area contributed by atoms with E-state index in [0.29, 0.717) is 6.42 Å².